The Morgan fingerprint density at radius 3 is 2.67 bits per heavy atom. The van der Waals surface area contributed by atoms with E-state index in [4.69, 9.17) is 4.74 Å². The predicted molar refractivity (Wildman–Crippen MR) is 70.1 cm³/mol. The van der Waals surface area contributed by atoms with Crippen molar-refractivity contribution in [3.05, 3.63) is 42.0 Å². The summed E-state index contributed by atoms with van der Waals surface area (Å²) >= 11 is 0. The van der Waals surface area contributed by atoms with Crippen LogP contribution in [0.4, 0.5) is 0 Å². The van der Waals surface area contributed by atoms with Crippen molar-refractivity contribution in [2.75, 3.05) is 13.7 Å². The number of benzene rings is 1. The summed E-state index contributed by atoms with van der Waals surface area (Å²) in [6.45, 7) is 2.13. The summed E-state index contributed by atoms with van der Waals surface area (Å²) in [5.41, 5.74) is 0.735. The van der Waals surface area contributed by atoms with Crippen molar-refractivity contribution < 1.29 is 14.3 Å². The van der Waals surface area contributed by atoms with Gasteiger partial charge in [-0.3, -0.25) is 4.79 Å². The van der Waals surface area contributed by atoms with Gasteiger partial charge in [0.25, 0.3) is 0 Å². The molecule has 18 heavy (non-hydrogen) atoms. The SMILES string of the molecule is C/C=C(/C#CCOc1ccccc1)CC(=O)OC. The summed E-state index contributed by atoms with van der Waals surface area (Å²) in [4.78, 5) is 11.1. The smallest absolute Gasteiger partial charge is 0.310 e. The van der Waals surface area contributed by atoms with Crippen LogP contribution < -0.4 is 4.74 Å². The molecule has 0 aliphatic rings. The van der Waals surface area contributed by atoms with E-state index in [9.17, 15) is 4.79 Å². The molecule has 1 aromatic rings. The van der Waals surface area contributed by atoms with Gasteiger partial charge in [-0.2, -0.15) is 0 Å². The molecular formula is C15H16O3. The van der Waals surface area contributed by atoms with Crippen molar-refractivity contribution in [2.24, 2.45) is 0 Å². The summed E-state index contributed by atoms with van der Waals surface area (Å²) in [6.07, 6.45) is 2.00. The summed E-state index contributed by atoms with van der Waals surface area (Å²) < 4.78 is 9.99. The molecule has 1 rings (SSSR count). The Labute approximate surface area is 107 Å². The van der Waals surface area contributed by atoms with E-state index in [1.165, 1.54) is 7.11 Å². The van der Waals surface area contributed by atoms with Crippen LogP contribution in [-0.2, 0) is 9.53 Å². The zero-order valence-corrected chi connectivity index (χ0v) is 10.6. The second kappa shape index (κ2) is 7.97. The quantitative estimate of drug-likeness (QED) is 0.603. The molecule has 0 spiro atoms. The van der Waals surface area contributed by atoms with Crippen LogP contribution in [0.3, 0.4) is 0 Å². The van der Waals surface area contributed by atoms with Gasteiger partial charge in [-0.1, -0.05) is 36.1 Å². The number of carbonyl (C=O) groups is 1. The number of carbonyl (C=O) groups excluding carboxylic acids is 1. The van der Waals surface area contributed by atoms with Crippen molar-refractivity contribution in [1.29, 1.82) is 0 Å². The van der Waals surface area contributed by atoms with Gasteiger partial charge in [0.15, 0.2) is 0 Å². The summed E-state index contributed by atoms with van der Waals surface area (Å²) in [7, 11) is 1.36. The minimum Gasteiger partial charge on any atom is -0.481 e. The molecule has 0 saturated carbocycles. The zero-order chi connectivity index (χ0) is 13.2. The van der Waals surface area contributed by atoms with Crippen LogP contribution in [0, 0.1) is 11.8 Å². The van der Waals surface area contributed by atoms with Gasteiger partial charge in [0.05, 0.1) is 13.5 Å². The molecule has 0 aromatic heterocycles. The molecule has 0 N–H and O–H groups in total. The van der Waals surface area contributed by atoms with E-state index < -0.39 is 0 Å². The second-order valence-electron chi connectivity index (χ2n) is 3.47. The van der Waals surface area contributed by atoms with Crippen LogP contribution in [0.5, 0.6) is 5.75 Å². The predicted octanol–water partition coefficient (Wildman–Crippen LogP) is 2.58. The first-order valence-corrected chi connectivity index (χ1v) is 5.65. The van der Waals surface area contributed by atoms with Gasteiger partial charge >= 0.3 is 5.97 Å². The monoisotopic (exact) mass is 244 g/mol. The number of hydrogen-bond acceptors (Lipinski definition) is 3. The minimum atomic E-state index is -0.290. The molecule has 1 aromatic carbocycles. The second-order valence-corrected chi connectivity index (χ2v) is 3.47. The Morgan fingerprint density at radius 1 is 1.33 bits per heavy atom. The fourth-order valence-electron chi connectivity index (χ4n) is 1.23. The molecule has 0 radical (unpaired) electrons. The van der Waals surface area contributed by atoms with Crippen molar-refractivity contribution >= 4 is 5.97 Å². The van der Waals surface area contributed by atoms with E-state index in [1.807, 2.05) is 37.3 Å². The third-order valence-corrected chi connectivity index (χ3v) is 2.21. The maximum Gasteiger partial charge on any atom is 0.310 e. The summed E-state index contributed by atoms with van der Waals surface area (Å²) in [6, 6.07) is 9.46. The lowest BCUT2D eigenvalue weighted by Gasteiger charge is -2.00. The summed E-state index contributed by atoms with van der Waals surface area (Å²) in [5.74, 6) is 6.25. The normalized spacial score (nSPS) is 10.2. The highest BCUT2D eigenvalue weighted by molar-refractivity contribution is 5.73. The van der Waals surface area contributed by atoms with Gasteiger partial charge in [0.1, 0.15) is 12.4 Å². The number of para-hydroxylation sites is 1. The molecule has 94 valence electrons. The molecule has 0 atom stereocenters. The van der Waals surface area contributed by atoms with Gasteiger partial charge in [0, 0.05) is 5.57 Å². The van der Waals surface area contributed by atoms with Crippen molar-refractivity contribution in [3.8, 4) is 17.6 Å². The highest BCUT2D eigenvalue weighted by atomic mass is 16.5. The van der Waals surface area contributed by atoms with Crippen LogP contribution in [0.1, 0.15) is 13.3 Å². The van der Waals surface area contributed by atoms with E-state index in [2.05, 4.69) is 16.6 Å². The first kappa shape index (κ1) is 13.9. The Kier molecular flexibility index (Phi) is 6.13. The number of allylic oxidation sites excluding steroid dienone is 1. The van der Waals surface area contributed by atoms with E-state index in [0.717, 1.165) is 11.3 Å². The van der Waals surface area contributed by atoms with E-state index in [1.54, 1.807) is 6.08 Å². The van der Waals surface area contributed by atoms with Crippen molar-refractivity contribution in [1.82, 2.24) is 0 Å². The van der Waals surface area contributed by atoms with Crippen molar-refractivity contribution in [2.45, 2.75) is 13.3 Å². The Morgan fingerprint density at radius 2 is 2.06 bits per heavy atom. The van der Waals surface area contributed by atoms with Crippen molar-refractivity contribution in [3.63, 3.8) is 0 Å². The third-order valence-electron chi connectivity index (χ3n) is 2.21. The van der Waals surface area contributed by atoms with Gasteiger partial charge in [-0.05, 0) is 19.1 Å². The molecule has 3 nitrogen and oxygen atoms in total. The lowest BCUT2D eigenvalue weighted by atomic mass is 10.2. The first-order valence-electron chi connectivity index (χ1n) is 5.65. The van der Waals surface area contributed by atoms with Gasteiger partial charge in [0.2, 0.25) is 0 Å². The standard InChI is InChI=1S/C15H16O3/c1-3-13(12-15(16)17-2)8-7-11-18-14-9-5-4-6-10-14/h3-6,9-10H,11-12H2,1-2H3/b13-3-. The lowest BCUT2D eigenvalue weighted by Crippen LogP contribution is -2.01. The fraction of sp³-hybridized carbons (Fsp3) is 0.267. The molecular weight excluding hydrogens is 228 g/mol. The highest BCUT2D eigenvalue weighted by Gasteiger charge is 2.01. The average Bonchev–Trinajstić information content (AvgIpc) is 2.43. The Balaban J connectivity index is 2.43. The Hall–Kier alpha value is -2.21. The molecule has 0 saturated heterocycles. The molecule has 0 unspecified atom stereocenters. The fourth-order valence-corrected chi connectivity index (χ4v) is 1.23. The third kappa shape index (κ3) is 5.22. The van der Waals surface area contributed by atoms with E-state index >= 15 is 0 Å². The van der Waals surface area contributed by atoms with Crippen LogP contribution >= 0.6 is 0 Å². The maximum absolute atomic E-state index is 11.1. The van der Waals surface area contributed by atoms with Gasteiger partial charge in [-0.15, -0.1) is 0 Å². The molecule has 0 aliphatic carbocycles. The average molecular weight is 244 g/mol. The lowest BCUT2D eigenvalue weighted by molar-refractivity contribution is -0.139. The number of rotatable bonds is 4. The van der Waals surface area contributed by atoms with E-state index in [-0.39, 0.29) is 12.4 Å². The number of ether oxygens (including phenoxy) is 2. The summed E-state index contributed by atoms with van der Waals surface area (Å²) in [5, 5.41) is 0. The number of methoxy groups -OCH3 is 1. The van der Waals surface area contributed by atoms with Gasteiger partial charge < -0.3 is 9.47 Å². The maximum atomic E-state index is 11.1. The van der Waals surface area contributed by atoms with Crippen LogP contribution in [0.2, 0.25) is 0 Å². The molecule has 0 heterocycles. The topological polar surface area (TPSA) is 35.5 Å². The van der Waals surface area contributed by atoms with E-state index in [0.29, 0.717) is 6.61 Å². The first-order chi connectivity index (χ1) is 8.76. The van der Waals surface area contributed by atoms with Crippen LogP contribution in [0.15, 0.2) is 42.0 Å². The molecule has 0 amide bonds. The zero-order valence-electron chi connectivity index (χ0n) is 10.6. The molecule has 0 bridgehead atoms. The number of esters is 1. The molecule has 0 fully saturated rings. The van der Waals surface area contributed by atoms with Crippen LogP contribution in [0.25, 0.3) is 0 Å². The van der Waals surface area contributed by atoms with Gasteiger partial charge in [-0.25, -0.2) is 0 Å². The van der Waals surface area contributed by atoms with Crippen LogP contribution in [-0.4, -0.2) is 19.7 Å². The molecule has 3 heteroatoms. The largest absolute Gasteiger partial charge is 0.481 e. The highest BCUT2D eigenvalue weighted by Crippen LogP contribution is 2.07. The Bertz CT molecular complexity index is 464. The minimum absolute atomic E-state index is 0.200. The molecule has 0 aliphatic heterocycles. The number of hydrogen-bond donors (Lipinski definition) is 0.